The number of methoxy groups -OCH3 is 2. The van der Waals surface area contributed by atoms with Crippen molar-refractivity contribution in [2.45, 2.75) is 6.61 Å². The third kappa shape index (κ3) is 3.73. The lowest BCUT2D eigenvalue weighted by Gasteiger charge is -2.24. The first-order chi connectivity index (χ1) is 13.6. The molecule has 28 heavy (non-hydrogen) atoms. The number of aliphatic hydroxyl groups is 1. The van der Waals surface area contributed by atoms with E-state index in [2.05, 4.69) is 4.98 Å². The second kappa shape index (κ2) is 8.64. The van der Waals surface area contributed by atoms with Gasteiger partial charge in [0.25, 0.3) is 0 Å². The number of nitrogens with zero attached hydrogens (tertiary/aromatic N) is 2. The zero-order valence-corrected chi connectivity index (χ0v) is 16.1. The third-order valence-electron chi connectivity index (χ3n) is 4.00. The van der Waals surface area contributed by atoms with Crippen LogP contribution in [0.5, 0.6) is 0 Å². The van der Waals surface area contributed by atoms with Crippen LogP contribution in [-0.4, -0.2) is 36.2 Å². The highest BCUT2D eigenvalue weighted by Crippen LogP contribution is 2.36. The summed E-state index contributed by atoms with van der Waals surface area (Å²) in [5.74, 6) is -1.33. The normalized spacial score (nSPS) is 13.5. The quantitative estimate of drug-likeness (QED) is 0.775. The molecule has 2 heterocycles. The van der Waals surface area contributed by atoms with Crippen molar-refractivity contribution in [3.05, 3.63) is 71.0 Å². The highest BCUT2D eigenvalue weighted by atomic mass is 32.1. The Labute approximate surface area is 165 Å². The minimum Gasteiger partial charge on any atom is -0.465 e. The van der Waals surface area contributed by atoms with Crippen LogP contribution in [0.3, 0.4) is 0 Å². The molecule has 0 saturated heterocycles. The molecule has 2 aromatic rings. The average molecular weight is 398 g/mol. The van der Waals surface area contributed by atoms with Crippen LogP contribution in [0.25, 0.3) is 10.6 Å². The van der Waals surface area contributed by atoms with Gasteiger partial charge in [0.2, 0.25) is 0 Å². The van der Waals surface area contributed by atoms with Gasteiger partial charge in [-0.25, -0.2) is 14.6 Å². The molecule has 1 N–H and O–H groups in total. The number of benzene rings is 1. The van der Waals surface area contributed by atoms with Crippen molar-refractivity contribution in [1.82, 2.24) is 4.98 Å². The van der Waals surface area contributed by atoms with Gasteiger partial charge in [0.05, 0.1) is 37.8 Å². The zero-order chi connectivity index (χ0) is 20.1. The molecular formula is C20H18N2O5S. The molecule has 144 valence electrons. The molecule has 0 amide bonds. The largest absolute Gasteiger partial charge is 0.465 e. The molecule has 0 spiro atoms. The van der Waals surface area contributed by atoms with Crippen molar-refractivity contribution in [2.24, 2.45) is 0 Å². The standard InChI is InChI=1S/C20H18N2O5S/c1-26-19(24)15-8-5-6-10-22(17(15)20(25)27-2)16-9-4-3-7-14(16)18-21-13(11-23)12-28-18/h3-10,12,23H,11H2,1-2H3. The van der Waals surface area contributed by atoms with Crippen LogP contribution in [0.2, 0.25) is 0 Å². The lowest BCUT2D eigenvalue weighted by Crippen LogP contribution is -2.27. The van der Waals surface area contributed by atoms with Crippen LogP contribution >= 0.6 is 11.3 Å². The number of hydrogen-bond acceptors (Lipinski definition) is 8. The number of para-hydroxylation sites is 1. The molecule has 1 aliphatic heterocycles. The summed E-state index contributed by atoms with van der Waals surface area (Å²) in [5, 5.41) is 11.8. The van der Waals surface area contributed by atoms with E-state index in [1.165, 1.54) is 31.6 Å². The van der Waals surface area contributed by atoms with E-state index in [0.29, 0.717) is 16.4 Å². The molecule has 8 heteroatoms. The molecule has 7 nitrogen and oxygen atoms in total. The van der Waals surface area contributed by atoms with E-state index in [0.717, 1.165) is 5.56 Å². The highest BCUT2D eigenvalue weighted by Gasteiger charge is 2.29. The number of thiazole rings is 1. The van der Waals surface area contributed by atoms with Crippen LogP contribution in [0.15, 0.2) is 65.3 Å². The summed E-state index contributed by atoms with van der Waals surface area (Å²) < 4.78 is 9.77. The van der Waals surface area contributed by atoms with Gasteiger partial charge in [0, 0.05) is 17.1 Å². The molecule has 0 saturated carbocycles. The highest BCUT2D eigenvalue weighted by molar-refractivity contribution is 7.13. The molecule has 0 atom stereocenters. The maximum atomic E-state index is 12.6. The van der Waals surface area contributed by atoms with Gasteiger partial charge in [-0.2, -0.15) is 0 Å². The Morgan fingerprint density at radius 3 is 2.57 bits per heavy atom. The molecule has 0 aliphatic carbocycles. The fourth-order valence-electron chi connectivity index (χ4n) is 2.72. The van der Waals surface area contributed by atoms with Gasteiger partial charge < -0.3 is 19.5 Å². The number of anilines is 1. The van der Waals surface area contributed by atoms with E-state index in [1.807, 2.05) is 24.3 Å². The fraction of sp³-hybridized carbons (Fsp3) is 0.150. The summed E-state index contributed by atoms with van der Waals surface area (Å²) in [6, 6.07) is 7.33. The molecule has 0 fully saturated rings. The van der Waals surface area contributed by atoms with E-state index in [4.69, 9.17) is 9.47 Å². The van der Waals surface area contributed by atoms with Crippen molar-refractivity contribution in [3.8, 4) is 10.6 Å². The number of allylic oxidation sites excluding steroid dienone is 2. The van der Waals surface area contributed by atoms with Crippen LogP contribution < -0.4 is 4.90 Å². The number of aromatic nitrogens is 1. The first-order valence-corrected chi connectivity index (χ1v) is 9.18. The monoisotopic (exact) mass is 398 g/mol. The maximum Gasteiger partial charge on any atom is 0.355 e. The fourth-order valence-corrected chi connectivity index (χ4v) is 3.56. The second-order valence-corrected chi connectivity index (χ2v) is 6.49. The van der Waals surface area contributed by atoms with Crippen LogP contribution in [0, 0.1) is 0 Å². The van der Waals surface area contributed by atoms with Gasteiger partial charge in [-0.3, -0.25) is 0 Å². The Hall–Kier alpha value is -3.23. The Bertz CT molecular complexity index is 990. The van der Waals surface area contributed by atoms with Crippen molar-refractivity contribution < 1.29 is 24.2 Å². The summed E-state index contributed by atoms with van der Waals surface area (Å²) in [5.41, 5.74) is 2.03. The summed E-state index contributed by atoms with van der Waals surface area (Å²) in [6.07, 6.45) is 6.52. The van der Waals surface area contributed by atoms with Gasteiger partial charge in [0.15, 0.2) is 0 Å². The summed E-state index contributed by atoms with van der Waals surface area (Å²) >= 11 is 1.38. The van der Waals surface area contributed by atoms with Crippen LogP contribution in [0.1, 0.15) is 5.69 Å². The number of esters is 2. The Morgan fingerprint density at radius 1 is 1.14 bits per heavy atom. The first-order valence-electron chi connectivity index (χ1n) is 8.30. The van der Waals surface area contributed by atoms with Gasteiger partial charge in [-0.15, -0.1) is 11.3 Å². The molecule has 1 aromatic carbocycles. The lowest BCUT2D eigenvalue weighted by atomic mass is 10.1. The van der Waals surface area contributed by atoms with Crippen LogP contribution in [-0.2, 0) is 25.7 Å². The second-order valence-electron chi connectivity index (χ2n) is 5.64. The van der Waals surface area contributed by atoms with Gasteiger partial charge in [-0.1, -0.05) is 18.2 Å². The number of rotatable bonds is 5. The zero-order valence-electron chi connectivity index (χ0n) is 15.3. The van der Waals surface area contributed by atoms with Gasteiger partial charge in [-0.05, 0) is 24.3 Å². The number of carbonyl (C=O) groups excluding carboxylic acids is 2. The molecule has 0 radical (unpaired) electrons. The van der Waals surface area contributed by atoms with Gasteiger partial charge in [0.1, 0.15) is 10.7 Å². The summed E-state index contributed by atoms with van der Waals surface area (Å²) in [6.45, 7) is -0.161. The topological polar surface area (TPSA) is 89.0 Å². The number of carbonyl (C=O) groups is 2. The van der Waals surface area contributed by atoms with E-state index >= 15 is 0 Å². The third-order valence-corrected chi connectivity index (χ3v) is 4.92. The van der Waals surface area contributed by atoms with E-state index < -0.39 is 11.9 Å². The number of ether oxygens (including phenoxy) is 2. The molecule has 0 bridgehead atoms. The molecule has 1 aromatic heterocycles. The van der Waals surface area contributed by atoms with Crippen molar-refractivity contribution in [1.29, 1.82) is 0 Å². The maximum absolute atomic E-state index is 12.6. The molecular weight excluding hydrogens is 380 g/mol. The van der Waals surface area contributed by atoms with Gasteiger partial charge >= 0.3 is 11.9 Å². The van der Waals surface area contributed by atoms with E-state index in [1.54, 1.807) is 28.6 Å². The smallest absolute Gasteiger partial charge is 0.355 e. The lowest BCUT2D eigenvalue weighted by molar-refractivity contribution is -0.139. The number of hydrogen-bond donors (Lipinski definition) is 1. The SMILES string of the molecule is COC(=O)C1=C(C(=O)OC)N(c2ccccc2-c2nc(CO)cs2)C=CC=C1. The molecule has 0 unspecified atom stereocenters. The number of aliphatic hydroxyl groups excluding tert-OH is 1. The van der Waals surface area contributed by atoms with Crippen molar-refractivity contribution >= 4 is 29.0 Å². The van der Waals surface area contributed by atoms with Crippen molar-refractivity contribution in [2.75, 3.05) is 19.1 Å². The Kier molecular flexibility index (Phi) is 6.03. The summed E-state index contributed by atoms with van der Waals surface area (Å²) in [7, 11) is 2.50. The predicted molar refractivity (Wildman–Crippen MR) is 105 cm³/mol. The van der Waals surface area contributed by atoms with Crippen molar-refractivity contribution in [3.63, 3.8) is 0 Å². The Balaban J connectivity index is 2.21. The predicted octanol–water partition coefficient (Wildman–Crippen LogP) is 2.79. The summed E-state index contributed by atoms with van der Waals surface area (Å²) in [4.78, 5) is 30.9. The average Bonchev–Trinajstić information content (AvgIpc) is 3.11. The minimum atomic E-state index is -0.679. The van der Waals surface area contributed by atoms with Crippen LogP contribution in [0.4, 0.5) is 5.69 Å². The molecule has 1 aliphatic rings. The van der Waals surface area contributed by atoms with E-state index in [9.17, 15) is 14.7 Å². The van der Waals surface area contributed by atoms with E-state index in [-0.39, 0.29) is 17.9 Å². The minimum absolute atomic E-state index is 0.0331. The Morgan fingerprint density at radius 2 is 1.89 bits per heavy atom. The molecule has 3 rings (SSSR count). The first kappa shape index (κ1) is 19.5.